The summed E-state index contributed by atoms with van der Waals surface area (Å²) < 4.78 is 10.3. The number of benzene rings is 1. The second-order valence-electron chi connectivity index (χ2n) is 4.30. The Bertz CT molecular complexity index is 455. The third-order valence-corrected chi connectivity index (χ3v) is 2.61. The van der Waals surface area contributed by atoms with Gasteiger partial charge in [-0.25, -0.2) is 0 Å². The number of methoxy groups -OCH3 is 1. The zero-order valence-corrected chi connectivity index (χ0v) is 11.7. The smallest absolute Gasteiger partial charge is 0.224 e. The van der Waals surface area contributed by atoms with Gasteiger partial charge in [-0.3, -0.25) is 4.79 Å². The van der Waals surface area contributed by atoms with Gasteiger partial charge >= 0.3 is 0 Å². The minimum atomic E-state index is -0.0689. The highest BCUT2D eigenvalue weighted by molar-refractivity contribution is 5.90. The fourth-order valence-corrected chi connectivity index (χ4v) is 1.63. The monoisotopic (exact) mass is 276 g/mol. The highest BCUT2D eigenvalue weighted by Gasteiger charge is 2.03. The molecule has 1 aromatic rings. The van der Waals surface area contributed by atoms with E-state index >= 15 is 0 Å². The number of anilines is 1. The van der Waals surface area contributed by atoms with E-state index in [0.717, 1.165) is 6.42 Å². The van der Waals surface area contributed by atoms with Crippen molar-refractivity contribution in [2.75, 3.05) is 32.2 Å². The van der Waals surface area contributed by atoms with Gasteiger partial charge in [0, 0.05) is 39.0 Å². The molecule has 5 heteroatoms. The van der Waals surface area contributed by atoms with Crippen LogP contribution in [0.25, 0.3) is 0 Å². The summed E-state index contributed by atoms with van der Waals surface area (Å²) in [7, 11) is 1.66. The fourth-order valence-electron chi connectivity index (χ4n) is 1.63. The van der Waals surface area contributed by atoms with Crippen molar-refractivity contribution in [2.24, 2.45) is 0 Å². The molecule has 5 nitrogen and oxygen atoms in total. The highest BCUT2D eigenvalue weighted by Crippen LogP contribution is 2.10. The number of rotatable bonds is 9. The molecular weight excluding hydrogens is 256 g/mol. The molecule has 20 heavy (non-hydrogen) atoms. The van der Waals surface area contributed by atoms with Crippen LogP contribution in [0.4, 0.5) is 5.69 Å². The summed E-state index contributed by atoms with van der Waals surface area (Å²) in [6.45, 7) is 1.91. The quantitative estimate of drug-likeness (QED) is 0.703. The van der Waals surface area contributed by atoms with Gasteiger partial charge in [0.05, 0.1) is 11.6 Å². The van der Waals surface area contributed by atoms with Gasteiger partial charge < -0.3 is 14.8 Å². The molecule has 0 atom stereocenters. The number of amides is 1. The molecular formula is C15H20N2O3. The lowest BCUT2D eigenvalue weighted by molar-refractivity contribution is -0.116. The Hall–Kier alpha value is -1.90. The summed E-state index contributed by atoms with van der Waals surface area (Å²) in [4.78, 5) is 11.7. The van der Waals surface area contributed by atoms with Crippen LogP contribution in [0.1, 0.15) is 24.8 Å². The van der Waals surface area contributed by atoms with E-state index in [4.69, 9.17) is 14.7 Å². The maximum Gasteiger partial charge on any atom is 0.224 e. The molecule has 0 aliphatic heterocycles. The number of carbonyl (C=O) groups excluding carboxylic acids is 1. The van der Waals surface area contributed by atoms with Crippen LogP contribution in [0.3, 0.4) is 0 Å². The van der Waals surface area contributed by atoms with Crippen LogP contribution in [0.5, 0.6) is 0 Å². The van der Waals surface area contributed by atoms with E-state index in [0.29, 0.717) is 43.9 Å². The molecule has 0 spiro atoms. The van der Waals surface area contributed by atoms with Crippen LogP contribution in [0.15, 0.2) is 24.3 Å². The summed E-state index contributed by atoms with van der Waals surface area (Å²) >= 11 is 0. The van der Waals surface area contributed by atoms with E-state index in [2.05, 4.69) is 5.32 Å². The summed E-state index contributed by atoms with van der Waals surface area (Å²) in [5.74, 6) is -0.0689. The van der Waals surface area contributed by atoms with Gasteiger partial charge in [0.25, 0.3) is 0 Å². The Morgan fingerprint density at radius 1 is 1.30 bits per heavy atom. The molecule has 1 aromatic carbocycles. The number of nitriles is 1. The van der Waals surface area contributed by atoms with Gasteiger partial charge in [0.15, 0.2) is 0 Å². The first kappa shape index (κ1) is 16.2. The van der Waals surface area contributed by atoms with Crippen molar-refractivity contribution in [2.45, 2.75) is 19.3 Å². The maximum absolute atomic E-state index is 11.7. The van der Waals surface area contributed by atoms with E-state index in [1.54, 1.807) is 31.4 Å². The lowest BCUT2D eigenvalue weighted by Gasteiger charge is -2.06. The SMILES string of the molecule is COCCCOCCCC(=O)Nc1cccc(C#N)c1. The number of ether oxygens (including phenoxy) is 2. The molecule has 0 unspecified atom stereocenters. The van der Waals surface area contributed by atoms with Gasteiger partial charge in [-0.2, -0.15) is 5.26 Å². The molecule has 0 radical (unpaired) electrons. The Labute approximate surface area is 119 Å². The number of nitrogens with zero attached hydrogens (tertiary/aromatic N) is 1. The van der Waals surface area contributed by atoms with Gasteiger partial charge in [0.2, 0.25) is 5.91 Å². The molecule has 1 N–H and O–H groups in total. The molecule has 1 rings (SSSR count). The van der Waals surface area contributed by atoms with Crippen LogP contribution in [0.2, 0.25) is 0 Å². The molecule has 0 aliphatic carbocycles. The minimum absolute atomic E-state index is 0.0689. The largest absolute Gasteiger partial charge is 0.385 e. The number of carbonyl (C=O) groups is 1. The maximum atomic E-state index is 11.7. The lowest BCUT2D eigenvalue weighted by Crippen LogP contribution is -2.12. The Balaban J connectivity index is 2.15. The lowest BCUT2D eigenvalue weighted by atomic mass is 10.2. The van der Waals surface area contributed by atoms with Crippen LogP contribution < -0.4 is 5.32 Å². The number of hydrogen-bond donors (Lipinski definition) is 1. The molecule has 0 bridgehead atoms. The van der Waals surface area contributed by atoms with Crippen molar-refractivity contribution in [3.63, 3.8) is 0 Å². The zero-order valence-electron chi connectivity index (χ0n) is 11.7. The highest BCUT2D eigenvalue weighted by atomic mass is 16.5. The van der Waals surface area contributed by atoms with E-state index < -0.39 is 0 Å². The molecule has 0 saturated heterocycles. The molecule has 0 fully saturated rings. The fraction of sp³-hybridized carbons (Fsp3) is 0.467. The molecule has 1 amide bonds. The number of nitrogens with one attached hydrogen (secondary N) is 1. The predicted octanol–water partition coefficient (Wildman–Crippen LogP) is 2.33. The van der Waals surface area contributed by atoms with Gasteiger partial charge in [0.1, 0.15) is 0 Å². The van der Waals surface area contributed by atoms with Crippen LogP contribution in [-0.4, -0.2) is 32.8 Å². The second-order valence-corrected chi connectivity index (χ2v) is 4.30. The van der Waals surface area contributed by atoms with Crippen molar-refractivity contribution in [1.82, 2.24) is 0 Å². The van der Waals surface area contributed by atoms with Crippen LogP contribution in [-0.2, 0) is 14.3 Å². The molecule has 108 valence electrons. The Kier molecular flexibility index (Phi) is 8.04. The molecule has 0 aliphatic rings. The first-order chi connectivity index (χ1) is 9.76. The summed E-state index contributed by atoms with van der Waals surface area (Å²) in [6.07, 6.45) is 1.95. The van der Waals surface area contributed by atoms with Crippen molar-refractivity contribution in [3.05, 3.63) is 29.8 Å². The summed E-state index contributed by atoms with van der Waals surface area (Å²) in [5.41, 5.74) is 1.18. The van der Waals surface area contributed by atoms with Crippen molar-refractivity contribution < 1.29 is 14.3 Å². The Morgan fingerprint density at radius 3 is 2.85 bits per heavy atom. The van der Waals surface area contributed by atoms with E-state index in [-0.39, 0.29) is 5.91 Å². The predicted molar refractivity (Wildman–Crippen MR) is 76.3 cm³/mol. The topological polar surface area (TPSA) is 71.3 Å². The third-order valence-electron chi connectivity index (χ3n) is 2.61. The van der Waals surface area contributed by atoms with E-state index in [1.807, 2.05) is 6.07 Å². The van der Waals surface area contributed by atoms with Gasteiger partial charge in [-0.05, 0) is 31.0 Å². The zero-order chi connectivity index (χ0) is 14.6. The van der Waals surface area contributed by atoms with Crippen molar-refractivity contribution >= 4 is 11.6 Å². The molecule has 0 saturated carbocycles. The molecule has 0 aromatic heterocycles. The van der Waals surface area contributed by atoms with Crippen molar-refractivity contribution in [1.29, 1.82) is 5.26 Å². The van der Waals surface area contributed by atoms with Crippen LogP contribution >= 0.6 is 0 Å². The van der Waals surface area contributed by atoms with Crippen LogP contribution in [0, 0.1) is 11.3 Å². The van der Waals surface area contributed by atoms with E-state index in [9.17, 15) is 4.79 Å². The van der Waals surface area contributed by atoms with Gasteiger partial charge in [-0.1, -0.05) is 6.07 Å². The summed E-state index contributed by atoms with van der Waals surface area (Å²) in [6, 6.07) is 8.89. The normalized spacial score (nSPS) is 10.0. The second kappa shape index (κ2) is 9.96. The van der Waals surface area contributed by atoms with E-state index in [1.165, 1.54) is 0 Å². The minimum Gasteiger partial charge on any atom is -0.385 e. The summed E-state index contributed by atoms with van der Waals surface area (Å²) in [5, 5.41) is 11.5. The van der Waals surface area contributed by atoms with Gasteiger partial charge in [-0.15, -0.1) is 0 Å². The first-order valence-electron chi connectivity index (χ1n) is 6.63. The standard InChI is InChI=1S/C15H20N2O3/c1-19-8-4-10-20-9-3-7-15(18)17-14-6-2-5-13(11-14)12-16/h2,5-6,11H,3-4,7-10H2,1H3,(H,17,18). The average molecular weight is 276 g/mol. The molecule has 0 heterocycles. The Morgan fingerprint density at radius 2 is 2.10 bits per heavy atom. The first-order valence-corrected chi connectivity index (χ1v) is 6.63. The third kappa shape index (κ3) is 6.88. The van der Waals surface area contributed by atoms with Crippen molar-refractivity contribution in [3.8, 4) is 6.07 Å². The average Bonchev–Trinajstić information content (AvgIpc) is 2.46. The number of hydrogen-bond acceptors (Lipinski definition) is 4.